The predicted molar refractivity (Wildman–Crippen MR) is 86.7 cm³/mol. The zero-order valence-electron chi connectivity index (χ0n) is 13.4. The Balaban J connectivity index is 1.95. The largest absolute Gasteiger partial charge is 0.493 e. The molecule has 3 rings (SSSR count). The van der Waals surface area contributed by atoms with Crippen molar-refractivity contribution in [3.8, 4) is 5.75 Å². The predicted octanol–water partition coefficient (Wildman–Crippen LogP) is 3.28. The van der Waals surface area contributed by atoms with Crippen LogP contribution >= 0.6 is 0 Å². The molecule has 1 fully saturated rings. The smallest absolute Gasteiger partial charge is 0.127 e. The molecule has 116 valence electrons. The first-order chi connectivity index (χ1) is 10.2. The first-order valence-electron chi connectivity index (χ1n) is 8.42. The van der Waals surface area contributed by atoms with Gasteiger partial charge in [-0.15, -0.1) is 0 Å². The van der Waals surface area contributed by atoms with Crippen LogP contribution in [0.4, 0.5) is 0 Å². The minimum absolute atomic E-state index is 0.00801. The Morgan fingerprint density at radius 2 is 2.05 bits per heavy atom. The van der Waals surface area contributed by atoms with Gasteiger partial charge in [-0.3, -0.25) is 4.90 Å². The van der Waals surface area contributed by atoms with Gasteiger partial charge in [-0.05, 0) is 57.7 Å². The Morgan fingerprint density at radius 1 is 1.29 bits per heavy atom. The fraction of sp³-hybridized carbons (Fsp3) is 0.667. The molecule has 0 radical (unpaired) electrons. The van der Waals surface area contributed by atoms with Crippen molar-refractivity contribution in [2.24, 2.45) is 5.73 Å². The standard InChI is InChI=1S/C18H28N2O/c1-3-18(2,20-11-4-5-12-20)17(19)15-10-6-8-14-9-7-13-21-16(14)15/h6,8,10,17H,3-5,7,9,11-13,19H2,1-2H3. The van der Waals surface area contributed by atoms with Crippen molar-refractivity contribution in [2.45, 2.75) is 57.5 Å². The lowest BCUT2D eigenvalue weighted by atomic mass is 9.82. The molecule has 0 spiro atoms. The van der Waals surface area contributed by atoms with Crippen LogP contribution in [0.2, 0.25) is 0 Å². The van der Waals surface area contributed by atoms with Crippen LogP contribution in [0.1, 0.15) is 56.7 Å². The molecule has 0 aromatic heterocycles. The van der Waals surface area contributed by atoms with Crippen molar-refractivity contribution in [1.29, 1.82) is 0 Å². The number of fused-ring (bicyclic) bond motifs is 1. The van der Waals surface area contributed by atoms with Crippen molar-refractivity contribution in [2.75, 3.05) is 19.7 Å². The van der Waals surface area contributed by atoms with E-state index < -0.39 is 0 Å². The molecule has 2 aliphatic rings. The van der Waals surface area contributed by atoms with E-state index in [-0.39, 0.29) is 11.6 Å². The fourth-order valence-corrected chi connectivity index (χ4v) is 3.86. The Hall–Kier alpha value is -1.06. The molecule has 0 amide bonds. The van der Waals surface area contributed by atoms with Crippen LogP contribution < -0.4 is 10.5 Å². The van der Waals surface area contributed by atoms with E-state index in [0.717, 1.165) is 31.6 Å². The van der Waals surface area contributed by atoms with Gasteiger partial charge in [0.1, 0.15) is 5.75 Å². The molecule has 3 nitrogen and oxygen atoms in total. The lowest BCUT2D eigenvalue weighted by molar-refractivity contribution is 0.0982. The van der Waals surface area contributed by atoms with Crippen LogP contribution in [-0.4, -0.2) is 30.1 Å². The van der Waals surface area contributed by atoms with Crippen LogP contribution in [-0.2, 0) is 6.42 Å². The van der Waals surface area contributed by atoms with E-state index >= 15 is 0 Å². The summed E-state index contributed by atoms with van der Waals surface area (Å²) in [5.74, 6) is 1.06. The lowest BCUT2D eigenvalue weighted by Crippen LogP contribution is -2.52. The minimum atomic E-state index is 0.00801. The second kappa shape index (κ2) is 5.98. The maximum absolute atomic E-state index is 6.77. The van der Waals surface area contributed by atoms with Gasteiger partial charge in [0.2, 0.25) is 0 Å². The van der Waals surface area contributed by atoms with Gasteiger partial charge >= 0.3 is 0 Å². The van der Waals surface area contributed by atoms with Crippen molar-refractivity contribution in [1.82, 2.24) is 4.90 Å². The SMILES string of the molecule is CCC(C)(C(N)c1cccc2c1OCCC2)N1CCCC1. The summed E-state index contributed by atoms with van der Waals surface area (Å²) in [6.07, 6.45) is 5.89. The minimum Gasteiger partial charge on any atom is -0.493 e. The van der Waals surface area contributed by atoms with E-state index in [0.29, 0.717) is 0 Å². The van der Waals surface area contributed by atoms with E-state index in [1.54, 1.807) is 0 Å². The first-order valence-corrected chi connectivity index (χ1v) is 8.42. The molecule has 21 heavy (non-hydrogen) atoms. The zero-order chi connectivity index (χ0) is 14.9. The Morgan fingerprint density at radius 3 is 2.76 bits per heavy atom. The molecule has 2 N–H and O–H groups in total. The molecular formula is C18H28N2O. The molecule has 1 aromatic carbocycles. The summed E-state index contributed by atoms with van der Waals surface area (Å²) < 4.78 is 5.98. The van der Waals surface area contributed by atoms with Crippen molar-refractivity contribution in [3.05, 3.63) is 29.3 Å². The number of likely N-dealkylation sites (tertiary alicyclic amines) is 1. The third-order valence-corrected chi connectivity index (χ3v) is 5.51. The molecule has 0 saturated carbocycles. The molecule has 1 saturated heterocycles. The van der Waals surface area contributed by atoms with Gasteiger partial charge in [0, 0.05) is 11.1 Å². The second-order valence-corrected chi connectivity index (χ2v) is 6.67. The van der Waals surface area contributed by atoms with E-state index in [9.17, 15) is 0 Å². The van der Waals surface area contributed by atoms with E-state index in [2.05, 4.69) is 36.9 Å². The molecule has 0 bridgehead atoms. The topological polar surface area (TPSA) is 38.5 Å². The second-order valence-electron chi connectivity index (χ2n) is 6.67. The Labute approximate surface area is 128 Å². The molecule has 2 unspecified atom stereocenters. The third-order valence-electron chi connectivity index (χ3n) is 5.51. The monoisotopic (exact) mass is 288 g/mol. The summed E-state index contributed by atoms with van der Waals surface area (Å²) in [6, 6.07) is 6.50. The average Bonchev–Trinajstić information content (AvgIpc) is 3.08. The quantitative estimate of drug-likeness (QED) is 0.924. The van der Waals surface area contributed by atoms with Crippen LogP contribution in [0, 0.1) is 0 Å². The highest BCUT2D eigenvalue weighted by Crippen LogP contribution is 2.40. The summed E-state index contributed by atoms with van der Waals surface area (Å²) in [5, 5.41) is 0. The van der Waals surface area contributed by atoms with Gasteiger partial charge < -0.3 is 10.5 Å². The van der Waals surface area contributed by atoms with Crippen LogP contribution in [0.5, 0.6) is 5.75 Å². The van der Waals surface area contributed by atoms with E-state index in [1.807, 2.05) is 0 Å². The van der Waals surface area contributed by atoms with Crippen molar-refractivity contribution < 1.29 is 4.74 Å². The summed E-state index contributed by atoms with van der Waals surface area (Å²) in [4.78, 5) is 2.58. The van der Waals surface area contributed by atoms with Crippen molar-refractivity contribution >= 4 is 0 Å². The maximum Gasteiger partial charge on any atom is 0.127 e. The maximum atomic E-state index is 6.77. The summed E-state index contributed by atoms with van der Waals surface area (Å²) in [6.45, 7) is 7.75. The normalized spacial score (nSPS) is 23.2. The number of hydrogen-bond donors (Lipinski definition) is 1. The molecule has 2 heterocycles. The fourth-order valence-electron chi connectivity index (χ4n) is 3.86. The van der Waals surface area contributed by atoms with Crippen LogP contribution in [0.15, 0.2) is 18.2 Å². The van der Waals surface area contributed by atoms with Gasteiger partial charge in [-0.25, -0.2) is 0 Å². The third kappa shape index (κ3) is 2.58. The number of nitrogens with zero attached hydrogens (tertiary/aromatic N) is 1. The molecule has 3 heteroatoms. The summed E-state index contributed by atoms with van der Waals surface area (Å²) in [7, 11) is 0. The molecular weight excluding hydrogens is 260 g/mol. The van der Waals surface area contributed by atoms with Gasteiger partial charge in [-0.2, -0.15) is 0 Å². The molecule has 2 aliphatic heterocycles. The Bertz CT molecular complexity index is 496. The van der Waals surface area contributed by atoms with Crippen LogP contribution in [0.3, 0.4) is 0 Å². The first kappa shape index (κ1) is 14.9. The lowest BCUT2D eigenvalue weighted by Gasteiger charge is -2.43. The van der Waals surface area contributed by atoms with E-state index in [4.69, 9.17) is 10.5 Å². The number of aryl methyl sites for hydroxylation is 1. The highest BCUT2D eigenvalue weighted by atomic mass is 16.5. The summed E-state index contributed by atoms with van der Waals surface area (Å²) >= 11 is 0. The van der Waals surface area contributed by atoms with E-state index in [1.165, 1.54) is 37.1 Å². The molecule has 2 atom stereocenters. The van der Waals surface area contributed by atoms with Crippen LogP contribution in [0.25, 0.3) is 0 Å². The number of hydrogen-bond acceptors (Lipinski definition) is 3. The number of nitrogens with two attached hydrogens (primary N) is 1. The number of benzene rings is 1. The molecule has 1 aromatic rings. The Kier molecular flexibility index (Phi) is 4.23. The van der Waals surface area contributed by atoms with Gasteiger partial charge in [-0.1, -0.05) is 25.1 Å². The average molecular weight is 288 g/mol. The number of rotatable bonds is 4. The molecule has 0 aliphatic carbocycles. The highest BCUT2D eigenvalue weighted by molar-refractivity contribution is 5.45. The highest BCUT2D eigenvalue weighted by Gasteiger charge is 2.39. The van der Waals surface area contributed by atoms with Gasteiger partial charge in [0.05, 0.1) is 12.6 Å². The summed E-state index contributed by atoms with van der Waals surface area (Å²) in [5.41, 5.74) is 9.31. The van der Waals surface area contributed by atoms with Gasteiger partial charge in [0.25, 0.3) is 0 Å². The zero-order valence-corrected chi connectivity index (χ0v) is 13.4. The van der Waals surface area contributed by atoms with Crippen molar-refractivity contribution in [3.63, 3.8) is 0 Å². The number of para-hydroxylation sites is 1. The van der Waals surface area contributed by atoms with Gasteiger partial charge in [0.15, 0.2) is 0 Å². The number of ether oxygens (including phenoxy) is 1.